The minimum absolute atomic E-state index is 0.170. The Hall–Kier alpha value is -2.15. The summed E-state index contributed by atoms with van der Waals surface area (Å²) < 4.78 is 6.87. The van der Waals surface area contributed by atoms with E-state index < -0.39 is 0 Å². The lowest BCUT2D eigenvalue weighted by atomic mass is 10.2. The quantitative estimate of drug-likeness (QED) is 0.793. The normalized spacial score (nSPS) is 11.1. The van der Waals surface area contributed by atoms with Crippen molar-refractivity contribution in [2.45, 2.75) is 13.3 Å². The van der Waals surface area contributed by atoms with Gasteiger partial charge in [-0.05, 0) is 18.2 Å². The molecule has 1 aromatic carbocycles. The van der Waals surface area contributed by atoms with Gasteiger partial charge >= 0.3 is 0 Å². The highest BCUT2D eigenvalue weighted by Crippen LogP contribution is 2.35. The van der Waals surface area contributed by atoms with E-state index in [2.05, 4.69) is 15.3 Å². The van der Waals surface area contributed by atoms with Gasteiger partial charge < -0.3 is 9.84 Å². The Bertz CT molecular complexity index is 734. The van der Waals surface area contributed by atoms with Gasteiger partial charge in [-0.2, -0.15) is 9.61 Å². The molecule has 0 atom stereocenters. The summed E-state index contributed by atoms with van der Waals surface area (Å²) in [7, 11) is 1.59. The first kappa shape index (κ1) is 11.9. The Kier molecular flexibility index (Phi) is 2.83. The Balaban J connectivity index is 2.15. The fourth-order valence-corrected chi connectivity index (χ4v) is 2.68. The van der Waals surface area contributed by atoms with Crippen molar-refractivity contribution < 1.29 is 9.84 Å². The molecule has 0 unspecified atom stereocenters. The molecular formula is C12H12N4O2S. The summed E-state index contributed by atoms with van der Waals surface area (Å²) in [4.78, 5) is 0.717. The molecule has 0 amide bonds. The topological polar surface area (TPSA) is 72.5 Å². The number of fused-ring (bicyclic) bond motifs is 1. The average molecular weight is 276 g/mol. The summed E-state index contributed by atoms with van der Waals surface area (Å²) in [6.07, 6.45) is 0.758. The molecule has 0 radical (unpaired) electrons. The maximum absolute atomic E-state index is 9.94. The molecule has 0 fully saturated rings. The second-order valence-electron chi connectivity index (χ2n) is 3.95. The maximum Gasteiger partial charge on any atom is 0.234 e. The first-order chi connectivity index (χ1) is 9.22. The summed E-state index contributed by atoms with van der Waals surface area (Å²) in [5.41, 5.74) is 0.636. The number of hydrogen-bond donors (Lipinski definition) is 1. The second kappa shape index (κ2) is 4.51. The first-order valence-electron chi connectivity index (χ1n) is 5.81. The van der Waals surface area contributed by atoms with E-state index in [1.165, 1.54) is 11.3 Å². The van der Waals surface area contributed by atoms with Crippen LogP contribution in [0.4, 0.5) is 0 Å². The number of aromatic nitrogens is 4. The summed E-state index contributed by atoms with van der Waals surface area (Å²) in [6.45, 7) is 2.00. The Morgan fingerprint density at radius 2 is 2.21 bits per heavy atom. The third-order valence-corrected chi connectivity index (χ3v) is 3.74. The number of aromatic hydroxyl groups is 1. The molecule has 0 aliphatic heterocycles. The highest BCUT2D eigenvalue weighted by molar-refractivity contribution is 7.19. The van der Waals surface area contributed by atoms with Crippen LogP contribution in [0, 0.1) is 0 Å². The van der Waals surface area contributed by atoms with E-state index in [9.17, 15) is 5.11 Å². The molecule has 0 aliphatic rings. The number of ether oxygens (including phenoxy) is 1. The predicted octanol–water partition coefficient (Wildman–Crippen LogP) is 2.13. The lowest BCUT2D eigenvalue weighted by molar-refractivity contribution is 0.412. The molecular weight excluding hydrogens is 264 g/mol. The highest BCUT2D eigenvalue weighted by Gasteiger charge is 2.15. The van der Waals surface area contributed by atoms with E-state index in [0.717, 1.165) is 12.2 Å². The number of aryl methyl sites for hydroxylation is 1. The van der Waals surface area contributed by atoms with Crippen LogP contribution in [-0.4, -0.2) is 32.0 Å². The standard InChI is InChI=1S/C12H12N4O2S/c1-3-10-13-14-12-16(10)15-11(19-12)8-6-7(18-2)4-5-9(8)17/h4-6,17H,3H2,1-2H3. The van der Waals surface area contributed by atoms with Crippen LogP contribution >= 0.6 is 11.3 Å². The van der Waals surface area contributed by atoms with Gasteiger partial charge in [0, 0.05) is 6.42 Å². The zero-order valence-electron chi connectivity index (χ0n) is 10.5. The van der Waals surface area contributed by atoms with E-state index in [0.29, 0.717) is 21.3 Å². The molecule has 1 N–H and O–H groups in total. The number of hydrogen-bond acceptors (Lipinski definition) is 6. The van der Waals surface area contributed by atoms with Gasteiger partial charge in [-0.15, -0.1) is 10.2 Å². The monoisotopic (exact) mass is 276 g/mol. The number of phenols is 1. The second-order valence-corrected chi connectivity index (χ2v) is 4.91. The number of benzene rings is 1. The fourth-order valence-electron chi connectivity index (χ4n) is 1.80. The van der Waals surface area contributed by atoms with Gasteiger partial charge in [-0.1, -0.05) is 18.3 Å². The van der Waals surface area contributed by atoms with Crippen LogP contribution in [0.5, 0.6) is 11.5 Å². The lowest BCUT2D eigenvalue weighted by Gasteiger charge is -2.03. The van der Waals surface area contributed by atoms with Gasteiger partial charge in [0.2, 0.25) is 4.96 Å². The van der Waals surface area contributed by atoms with Gasteiger partial charge in [-0.3, -0.25) is 0 Å². The Morgan fingerprint density at radius 3 is 2.95 bits per heavy atom. The molecule has 3 aromatic rings. The molecule has 2 heterocycles. The van der Waals surface area contributed by atoms with Crippen LogP contribution in [-0.2, 0) is 6.42 Å². The summed E-state index contributed by atoms with van der Waals surface area (Å²) >= 11 is 1.38. The van der Waals surface area contributed by atoms with Crippen LogP contribution in [0.3, 0.4) is 0 Å². The molecule has 98 valence electrons. The van der Waals surface area contributed by atoms with E-state index in [4.69, 9.17) is 4.74 Å². The fraction of sp³-hybridized carbons (Fsp3) is 0.250. The van der Waals surface area contributed by atoms with Crippen molar-refractivity contribution in [2.75, 3.05) is 7.11 Å². The van der Waals surface area contributed by atoms with Crippen LogP contribution in [0.1, 0.15) is 12.7 Å². The van der Waals surface area contributed by atoms with Crippen molar-refractivity contribution in [3.8, 4) is 22.1 Å². The number of methoxy groups -OCH3 is 1. The third-order valence-electron chi connectivity index (χ3n) is 2.81. The van der Waals surface area contributed by atoms with E-state index in [1.54, 1.807) is 29.8 Å². The van der Waals surface area contributed by atoms with Crippen LogP contribution in [0.25, 0.3) is 15.5 Å². The zero-order chi connectivity index (χ0) is 13.4. The molecule has 6 nitrogen and oxygen atoms in total. The van der Waals surface area contributed by atoms with Crippen molar-refractivity contribution in [3.63, 3.8) is 0 Å². The largest absolute Gasteiger partial charge is 0.507 e. The third kappa shape index (κ3) is 1.91. The van der Waals surface area contributed by atoms with Crippen LogP contribution < -0.4 is 4.74 Å². The minimum Gasteiger partial charge on any atom is -0.507 e. The summed E-state index contributed by atoms with van der Waals surface area (Å²) in [5.74, 6) is 1.65. The predicted molar refractivity (Wildman–Crippen MR) is 71.7 cm³/mol. The Labute approximate surface area is 113 Å². The van der Waals surface area contributed by atoms with Crippen LogP contribution in [0.15, 0.2) is 18.2 Å². The maximum atomic E-state index is 9.94. The van der Waals surface area contributed by atoms with E-state index in [-0.39, 0.29) is 5.75 Å². The van der Waals surface area contributed by atoms with E-state index >= 15 is 0 Å². The molecule has 0 aliphatic carbocycles. The minimum atomic E-state index is 0.170. The van der Waals surface area contributed by atoms with Crippen molar-refractivity contribution in [2.24, 2.45) is 0 Å². The van der Waals surface area contributed by atoms with Gasteiger partial charge in [0.25, 0.3) is 0 Å². The molecule has 0 bridgehead atoms. The van der Waals surface area contributed by atoms with Crippen molar-refractivity contribution in [1.82, 2.24) is 19.8 Å². The summed E-state index contributed by atoms with van der Waals surface area (Å²) in [5, 5.41) is 23.2. The van der Waals surface area contributed by atoms with Crippen LogP contribution in [0.2, 0.25) is 0 Å². The van der Waals surface area contributed by atoms with Gasteiger partial charge in [-0.25, -0.2) is 0 Å². The summed E-state index contributed by atoms with van der Waals surface area (Å²) in [6, 6.07) is 5.06. The van der Waals surface area contributed by atoms with Gasteiger partial charge in [0.1, 0.15) is 11.5 Å². The zero-order valence-corrected chi connectivity index (χ0v) is 11.3. The highest BCUT2D eigenvalue weighted by atomic mass is 32.1. The number of rotatable bonds is 3. The molecule has 0 saturated carbocycles. The smallest absolute Gasteiger partial charge is 0.234 e. The van der Waals surface area contributed by atoms with E-state index in [1.807, 2.05) is 6.92 Å². The number of phenolic OH excluding ortho intramolecular Hbond substituents is 1. The molecule has 19 heavy (non-hydrogen) atoms. The Morgan fingerprint density at radius 1 is 1.37 bits per heavy atom. The van der Waals surface area contributed by atoms with Gasteiger partial charge in [0.05, 0.1) is 12.7 Å². The van der Waals surface area contributed by atoms with Crippen molar-refractivity contribution in [3.05, 3.63) is 24.0 Å². The van der Waals surface area contributed by atoms with Gasteiger partial charge in [0.15, 0.2) is 10.8 Å². The number of nitrogens with zero attached hydrogens (tertiary/aromatic N) is 4. The lowest BCUT2D eigenvalue weighted by Crippen LogP contribution is -1.93. The molecule has 7 heteroatoms. The SMILES string of the molecule is CCc1nnc2sc(-c3cc(OC)ccc3O)nn12. The first-order valence-corrected chi connectivity index (χ1v) is 6.63. The molecule has 0 spiro atoms. The average Bonchev–Trinajstić information content (AvgIpc) is 2.99. The molecule has 0 saturated heterocycles. The molecule has 3 rings (SSSR count). The van der Waals surface area contributed by atoms with Crippen molar-refractivity contribution in [1.29, 1.82) is 0 Å². The molecule has 2 aromatic heterocycles. The van der Waals surface area contributed by atoms with Crippen molar-refractivity contribution >= 4 is 16.3 Å².